The predicted molar refractivity (Wildman–Crippen MR) is 96.2 cm³/mol. The maximum atomic E-state index is 13.2. The molecule has 0 aromatic heterocycles. The summed E-state index contributed by atoms with van der Waals surface area (Å²) in [6.45, 7) is 1.14. The van der Waals surface area contributed by atoms with Gasteiger partial charge in [-0.1, -0.05) is 24.3 Å². The maximum absolute atomic E-state index is 13.2. The number of carboxylic acid groups (broad SMARTS) is 1. The number of aliphatic carboxylic acids is 1. The average molecular weight is 370 g/mol. The van der Waals surface area contributed by atoms with Crippen LogP contribution in [0.2, 0.25) is 0 Å². The van der Waals surface area contributed by atoms with E-state index in [1.165, 1.54) is 24.3 Å². The van der Waals surface area contributed by atoms with Gasteiger partial charge in [-0.15, -0.1) is 12.4 Å². The molecule has 3 nitrogen and oxygen atoms in total. The second-order valence-electron chi connectivity index (χ2n) is 5.69. The van der Waals surface area contributed by atoms with Gasteiger partial charge in [0.15, 0.2) is 0 Å². The zero-order valence-corrected chi connectivity index (χ0v) is 14.6. The number of halogens is 3. The van der Waals surface area contributed by atoms with Crippen molar-refractivity contribution in [3.05, 3.63) is 71.3 Å². The van der Waals surface area contributed by atoms with Crippen LogP contribution in [-0.4, -0.2) is 24.2 Å². The molecule has 0 fully saturated rings. The monoisotopic (exact) mass is 369 g/mol. The SMILES string of the molecule is Cl.O=C(O)CCNCCCC(c1ccc(F)cc1)c1ccc(F)cc1. The first-order valence-electron chi connectivity index (χ1n) is 7.99. The van der Waals surface area contributed by atoms with Gasteiger partial charge in [0.2, 0.25) is 0 Å². The summed E-state index contributed by atoms with van der Waals surface area (Å²) in [4.78, 5) is 10.5. The Bertz CT molecular complexity index is 602. The lowest BCUT2D eigenvalue weighted by molar-refractivity contribution is -0.136. The zero-order valence-electron chi connectivity index (χ0n) is 13.8. The summed E-state index contributed by atoms with van der Waals surface area (Å²) < 4.78 is 26.3. The molecule has 0 aliphatic heterocycles. The summed E-state index contributed by atoms with van der Waals surface area (Å²) in [5, 5.41) is 11.7. The van der Waals surface area contributed by atoms with Gasteiger partial charge in [0.1, 0.15) is 11.6 Å². The summed E-state index contributed by atoms with van der Waals surface area (Å²) in [5.41, 5.74) is 1.96. The van der Waals surface area contributed by atoms with Crippen LogP contribution >= 0.6 is 12.4 Å². The van der Waals surface area contributed by atoms with E-state index in [0.717, 1.165) is 24.0 Å². The normalized spacial score (nSPS) is 10.5. The molecule has 0 spiro atoms. The van der Waals surface area contributed by atoms with E-state index in [0.29, 0.717) is 13.1 Å². The average Bonchev–Trinajstić information content (AvgIpc) is 2.56. The minimum Gasteiger partial charge on any atom is -0.481 e. The third kappa shape index (κ3) is 7.20. The van der Waals surface area contributed by atoms with Gasteiger partial charge in [0.05, 0.1) is 6.42 Å². The van der Waals surface area contributed by atoms with Crippen LogP contribution in [0.4, 0.5) is 8.78 Å². The van der Waals surface area contributed by atoms with E-state index in [4.69, 9.17) is 5.11 Å². The summed E-state index contributed by atoms with van der Waals surface area (Å²) in [6, 6.07) is 12.7. The van der Waals surface area contributed by atoms with Gasteiger partial charge in [-0.05, 0) is 54.8 Å². The van der Waals surface area contributed by atoms with Gasteiger partial charge in [-0.3, -0.25) is 4.79 Å². The smallest absolute Gasteiger partial charge is 0.304 e. The van der Waals surface area contributed by atoms with Crippen LogP contribution in [0.15, 0.2) is 48.5 Å². The van der Waals surface area contributed by atoms with Crippen molar-refractivity contribution in [3.63, 3.8) is 0 Å². The lowest BCUT2D eigenvalue weighted by Crippen LogP contribution is -2.19. The summed E-state index contributed by atoms with van der Waals surface area (Å²) in [7, 11) is 0. The quantitative estimate of drug-likeness (QED) is 0.645. The molecule has 0 aliphatic rings. The molecule has 0 heterocycles. The number of benzene rings is 2. The minimum absolute atomic E-state index is 0. The number of hydrogen-bond donors (Lipinski definition) is 2. The van der Waals surface area contributed by atoms with Gasteiger partial charge < -0.3 is 10.4 Å². The molecule has 2 aromatic carbocycles. The first-order valence-corrected chi connectivity index (χ1v) is 7.99. The second kappa shape index (κ2) is 10.8. The van der Waals surface area contributed by atoms with Crippen LogP contribution in [0, 0.1) is 11.6 Å². The fourth-order valence-corrected chi connectivity index (χ4v) is 2.67. The first kappa shape index (κ1) is 21.1. The molecule has 0 aliphatic carbocycles. The van der Waals surface area contributed by atoms with E-state index < -0.39 is 5.97 Å². The number of carbonyl (C=O) groups is 1. The van der Waals surface area contributed by atoms with Crippen molar-refractivity contribution in [2.24, 2.45) is 0 Å². The maximum Gasteiger partial charge on any atom is 0.304 e. The van der Waals surface area contributed by atoms with Crippen molar-refractivity contribution in [1.29, 1.82) is 0 Å². The van der Waals surface area contributed by atoms with E-state index in [-0.39, 0.29) is 36.4 Å². The van der Waals surface area contributed by atoms with Crippen LogP contribution in [0.1, 0.15) is 36.3 Å². The molecule has 0 bridgehead atoms. The predicted octanol–water partition coefficient (Wildman–Crippen LogP) is 4.36. The van der Waals surface area contributed by atoms with Gasteiger partial charge in [-0.2, -0.15) is 0 Å². The molecule has 136 valence electrons. The fourth-order valence-electron chi connectivity index (χ4n) is 2.67. The van der Waals surface area contributed by atoms with Gasteiger partial charge >= 0.3 is 5.97 Å². The topological polar surface area (TPSA) is 49.3 Å². The van der Waals surface area contributed by atoms with Crippen molar-refractivity contribution < 1.29 is 18.7 Å². The van der Waals surface area contributed by atoms with Gasteiger partial charge in [0, 0.05) is 12.5 Å². The van der Waals surface area contributed by atoms with Gasteiger partial charge in [-0.25, -0.2) is 8.78 Å². The Morgan fingerprint density at radius 2 is 1.40 bits per heavy atom. The highest BCUT2D eigenvalue weighted by atomic mass is 35.5. The van der Waals surface area contributed by atoms with E-state index in [9.17, 15) is 13.6 Å². The Hall–Kier alpha value is -1.98. The Morgan fingerprint density at radius 1 is 0.920 bits per heavy atom. The van der Waals surface area contributed by atoms with Crippen molar-refractivity contribution >= 4 is 18.4 Å². The molecule has 2 N–H and O–H groups in total. The molecule has 0 amide bonds. The largest absolute Gasteiger partial charge is 0.481 e. The number of rotatable bonds is 9. The number of carboxylic acids is 1. The van der Waals surface area contributed by atoms with Crippen LogP contribution in [0.5, 0.6) is 0 Å². The van der Waals surface area contributed by atoms with E-state index in [1.54, 1.807) is 24.3 Å². The molecule has 0 radical (unpaired) electrons. The van der Waals surface area contributed by atoms with Gasteiger partial charge in [0.25, 0.3) is 0 Å². The molecular formula is C19H22ClF2NO2. The molecule has 0 saturated carbocycles. The molecular weight excluding hydrogens is 348 g/mol. The van der Waals surface area contributed by atoms with Crippen molar-refractivity contribution in [2.45, 2.75) is 25.2 Å². The van der Waals surface area contributed by atoms with Crippen LogP contribution in [-0.2, 0) is 4.79 Å². The molecule has 0 unspecified atom stereocenters. The summed E-state index contributed by atoms with van der Waals surface area (Å²) in [5.74, 6) is -1.34. The Kier molecular flexibility index (Phi) is 9.10. The first-order chi connectivity index (χ1) is 11.6. The third-order valence-electron chi connectivity index (χ3n) is 3.91. The van der Waals surface area contributed by atoms with E-state index in [1.807, 2.05) is 0 Å². The van der Waals surface area contributed by atoms with Crippen LogP contribution in [0.25, 0.3) is 0 Å². The lowest BCUT2D eigenvalue weighted by atomic mass is 9.87. The molecule has 0 atom stereocenters. The molecule has 2 aromatic rings. The highest BCUT2D eigenvalue weighted by molar-refractivity contribution is 5.85. The Morgan fingerprint density at radius 3 is 1.84 bits per heavy atom. The van der Waals surface area contributed by atoms with Crippen molar-refractivity contribution in [1.82, 2.24) is 5.32 Å². The van der Waals surface area contributed by atoms with E-state index in [2.05, 4.69) is 5.32 Å². The number of nitrogens with one attached hydrogen (secondary N) is 1. The fraction of sp³-hybridized carbons (Fsp3) is 0.316. The van der Waals surface area contributed by atoms with Crippen molar-refractivity contribution in [3.8, 4) is 0 Å². The molecule has 6 heteroatoms. The lowest BCUT2D eigenvalue weighted by Gasteiger charge is -2.18. The Labute approximate surface area is 152 Å². The van der Waals surface area contributed by atoms with Crippen LogP contribution in [0.3, 0.4) is 0 Å². The zero-order chi connectivity index (χ0) is 17.4. The standard InChI is InChI=1S/C19H21F2NO2.ClH/c20-16-7-3-14(4-8-16)18(15-5-9-17(21)10-6-15)2-1-12-22-13-11-19(23)24;/h3-10,18,22H,1-2,11-13H2,(H,23,24);1H. The Balaban J connectivity index is 0.00000312. The number of hydrogen-bond acceptors (Lipinski definition) is 2. The molecule has 25 heavy (non-hydrogen) atoms. The summed E-state index contributed by atoms with van der Waals surface area (Å²) in [6.07, 6.45) is 1.73. The summed E-state index contributed by atoms with van der Waals surface area (Å²) >= 11 is 0. The van der Waals surface area contributed by atoms with Crippen molar-refractivity contribution in [2.75, 3.05) is 13.1 Å². The third-order valence-corrected chi connectivity index (χ3v) is 3.91. The minimum atomic E-state index is -0.821. The van der Waals surface area contributed by atoms with E-state index >= 15 is 0 Å². The molecule has 0 saturated heterocycles. The highest BCUT2D eigenvalue weighted by Crippen LogP contribution is 2.29. The van der Waals surface area contributed by atoms with Crippen LogP contribution < -0.4 is 5.32 Å². The molecule has 2 rings (SSSR count). The highest BCUT2D eigenvalue weighted by Gasteiger charge is 2.14. The second-order valence-corrected chi connectivity index (χ2v) is 5.69.